The molecule has 0 aliphatic rings. The van der Waals surface area contributed by atoms with Gasteiger partial charge in [-0.15, -0.1) is 11.8 Å². The zero-order valence-electron chi connectivity index (χ0n) is 10.8. The molecule has 0 unspecified atom stereocenters. The van der Waals surface area contributed by atoms with Crippen molar-refractivity contribution in [2.45, 2.75) is 30.4 Å². The molecular weight excluding hydrogens is 322 g/mol. The lowest BCUT2D eigenvalue weighted by Crippen LogP contribution is -2.04. The molecule has 0 aliphatic heterocycles. The molecule has 1 aromatic carbocycles. The summed E-state index contributed by atoms with van der Waals surface area (Å²) in [6.07, 6.45) is 1.95. The normalized spacial score (nSPS) is 10.6. The first kappa shape index (κ1) is 14.3. The predicted octanol–water partition coefficient (Wildman–Crippen LogP) is 4.07. The molecule has 0 bridgehead atoms. The van der Waals surface area contributed by atoms with Gasteiger partial charge in [0.15, 0.2) is 0 Å². The van der Waals surface area contributed by atoms with Crippen LogP contribution < -0.4 is 5.73 Å². The van der Waals surface area contributed by atoms with E-state index in [0.717, 1.165) is 34.6 Å². The van der Waals surface area contributed by atoms with Crippen LogP contribution in [0.25, 0.3) is 0 Å². The van der Waals surface area contributed by atoms with Crippen molar-refractivity contribution in [1.29, 1.82) is 0 Å². The van der Waals surface area contributed by atoms with E-state index in [4.69, 9.17) is 5.73 Å². The Hall–Kier alpha value is -1.07. The van der Waals surface area contributed by atoms with E-state index in [1.165, 1.54) is 4.90 Å². The number of nitrogens with zero attached hydrogens (tertiary/aromatic N) is 2. The van der Waals surface area contributed by atoms with Gasteiger partial charge in [-0.2, -0.15) is 0 Å². The standard InChI is InChI=1S/C14H16BrN3S/c1-2-6-11-13(15)14(16)18-12(17-11)9-19-10-7-4-3-5-8-10/h3-5,7-8H,2,6,9H2,1H3,(H2,16,17,18). The largest absolute Gasteiger partial charge is 0.383 e. The molecule has 2 N–H and O–H groups in total. The summed E-state index contributed by atoms with van der Waals surface area (Å²) in [6.45, 7) is 2.13. The van der Waals surface area contributed by atoms with Crippen molar-refractivity contribution >= 4 is 33.5 Å². The molecule has 19 heavy (non-hydrogen) atoms. The number of hydrogen-bond acceptors (Lipinski definition) is 4. The monoisotopic (exact) mass is 337 g/mol. The van der Waals surface area contributed by atoms with Gasteiger partial charge in [-0.3, -0.25) is 0 Å². The summed E-state index contributed by atoms with van der Waals surface area (Å²) in [5.74, 6) is 2.05. The Kier molecular flexibility index (Phi) is 5.22. The van der Waals surface area contributed by atoms with Gasteiger partial charge in [0.25, 0.3) is 0 Å². The third kappa shape index (κ3) is 3.94. The first-order chi connectivity index (χ1) is 9.20. The molecule has 5 heteroatoms. The van der Waals surface area contributed by atoms with Crippen LogP contribution in [0.4, 0.5) is 5.82 Å². The molecule has 3 nitrogen and oxygen atoms in total. The number of nitrogen functional groups attached to an aromatic ring is 1. The Morgan fingerprint density at radius 2 is 1.95 bits per heavy atom. The fourth-order valence-electron chi connectivity index (χ4n) is 1.70. The fourth-order valence-corrected chi connectivity index (χ4v) is 2.85. The molecule has 0 saturated carbocycles. The van der Waals surface area contributed by atoms with E-state index in [2.05, 4.69) is 45.0 Å². The topological polar surface area (TPSA) is 51.8 Å². The zero-order valence-corrected chi connectivity index (χ0v) is 13.2. The van der Waals surface area contributed by atoms with Crippen LogP contribution >= 0.6 is 27.7 Å². The first-order valence-electron chi connectivity index (χ1n) is 6.19. The Morgan fingerprint density at radius 1 is 1.21 bits per heavy atom. The van der Waals surface area contributed by atoms with E-state index >= 15 is 0 Å². The van der Waals surface area contributed by atoms with Crippen LogP contribution in [0.2, 0.25) is 0 Å². The minimum atomic E-state index is 0.530. The SMILES string of the molecule is CCCc1nc(CSc2ccccc2)nc(N)c1Br. The van der Waals surface area contributed by atoms with Crippen LogP contribution in [-0.4, -0.2) is 9.97 Å². The van der Waals surface area contributed by atoms with Gasteiger partial charge in [-0.25, -0.2) is 9.97 Å². The molecule has 0 spiro atoms. The summed E-state index contributed by atoms with van der Waals surface area (Å²) < 4.78 is 0.836. The van der Waals surface area contributed by atoms with Gasteiger partial charge in [0, 0.05) is 4.90 Å². The quantitative estimate of drug-likeness (QED) is 0.835. The van der Waals surface area contributed by atoms with E-state index in [1.807, 2.05) is 18.2 Å². The molecule has 0 atom stereocenters. The third-order valence-electron chi connectivity index (χ3n) is 2.59. The lowest BCUT2D eigenvalue weighted by Gasteiger charge is -2.08. The van der Waals surface area contributed by atoms with Crippen LogP contribution in [0.1, 0.15) is 24.9 Å². The Balaban J connectivity index is 2.12. The average Bonchev–Trinajstić information content (AvgIpc) is 2.43. The van der Waals surface area contributed by atoms with Crippen molar-refractivity contribution in [3.8, 4) is 0 Å². The van der Waals surface area contributed by atoms with Crippen LogP contribution in [-0.2, 0) is 12.2 Å². The van der Waals surface area contributed by atoms with E-state index in [9.17, 15) is 0 Å². The van der Waals surface area contributed by atoms with Gasteiger partial charge in [-0.1, -0.05) is 31.5 Å². The van der Waals surface area contributed by atoms with Crippen molar-refractivity contribution < 1.29 is 0 Å². The van der Waals surface area contributed by atoms with Gasteiger partial charge in [0.05, 0.1) is 15.9 Å². The second-order valence-electron chi connectivity index (χ2n) is 4.14. The number of nitrogens with two attached hydrogens (primary N) is 1. The molecule has 0 radical (unpaired) electrons. The molecule has 1 aromatic heterocycles. The molecular formula is C14H16BrN3S. The van der Waals surface area contributed by atoms with Gasteiger partial charge < -0.3 is 5.73 Å². The van der Waals surface area contributed by atoms with Crippen LogP contribution in [0, 0.1) is 0 Å². The third-order valence-corrected chi connectivity index (χ3v) is 4.46. The summed E-state index contributed by atoms with van der Waals surface area (Å²) in [6, 6.07) is 10.2. The summed E-state index contributed by atoms with van der Waals surface area (Å²) in [5.41, 5.74) is 6.91. The Labute approximate surface area is 126 Å². The van der Waals surface area contributed by atoms with Crippen LogP contribution in [0.15, 0.2) is 39.7 Å². The highest BCUT2D eigenvalue weighted by atomic mass is 79.9. The molecule has 2 rings (SSSR count). The molecule has 0 saturated heterocycles. The number of aromatic nitrogens is 2. The minimum absolute atomic E-state index is 0.530. The van der Waals surface area contributed by atoms with Crippen molar-refractivity contribution in [2.24, 2.45) is 0 Å². The Morgan fingerprint density at radius 3 is 2.63 bits per heavy atom. The lowest BCUT2D eigenvalue weighted by molar-refractivity contribution is 0.848. The van der Waals surface area contributed by atoms with Gasteiger partial charge >= 0.3 is 0 Å². The molecule has 1 heterocycles. The maximum atomic E-state index is 5.91. The zero-order chi connectivity index (χ0) is 13.7. The Bertz CT molecular complexity index is 546. The highest BCUT2D eigenvalue weighted by molar-refractivity contribution is 9.10. The maximum Gasteiger partial charge on any atom is 0.141 e. The second-order valence-corrected chi connectivity index (χ2v) is 5.98. The number of anilines is 1. The highest BCUT2D eigenvalue weighted by Gasteiger charge is 2.09. The van der Waals surface area contributed by atoms with E-state index < -0.39 is 0 Å². The number of rotatable bonds is 5. The summed E-state index contributed by atoms with van der Waals surface area (Å²) in [5, 5.41) is 0. The molecule has 100 valence electrons. The van der Waals surface area contributed by atoms with Crippen molar-refractivity contribution in [2.75, 3.05) is 5.73 Å². The molecule has 0 fully saturated rings. The fraction of sp³-hybridized carbons (Fsp3) is 0.286. The van der Waals surface area contributed by atoms with Crippen molar-refractivity contribution in [3.63, 3.8) is 0 Å². The summed E-state index contributed by atoms with van der Waals surface area (Å²) in [4.78, 5) is 10.1. The number of benzene rings is 1. The van der Waals surface area contributed by atoms with Crippen molar-refractivity contribution in [3.05, 3.63) is 46.3 Å². The van der Waals surface area contributed by atoms with E-state index in [0.29, 0.717) is 5.82 Å². The van der Waals surface area contributed by atoms with Crippen molar-refractivity contribution in [1.82, 2.24) is 9.97 Å². The second kappa shape index (κ2) is 6.91. The lowest BCUT2D eigenvalue weighted by atomic mass is 10.2. The number of hydrogen-bond donors (Lipinski definition) is 1. The van der Waals surface area contributed by atoms with E-state index in [-0.39, 0.29) is 0 Å². The van der Waals surface area contributed by atoms with Crippen LogP contribution in [0.5, 0.6) is 0 Å². The van der Waals surface area contributed by atoms with Gasteiger partial charge in [0.1, 0.15) is 11.6 Å². The molecule has 0 amide bonds. The minimum Gasteiger partial charge on any atom is -0.383 e. The predicted molar refractivity (Wildman–Crippen MR) is 84.1 cm³/mol. The van der Waals surface area contributed by atoms with Crippen LogP contribution in [0.3, 0.4) is 0 Å². The smallest absolute Gasteiger partial charge is 0.141 e. The summed E-state index contributed by atoms with van der Waals surface area (Å²) >= 11 is 5.17. The average molecular weight is 338 g/mol. The summed E-state index contributed by atoms with van der Waals surface area (Å²) in [7, 11) is 0. The maximum absolute atomic E-state index is 5.91. The van der Waals surface area contributed by atoms with E-state index in [1.54, 1.807) is 11.8 Å². The van der Waals surface area contributed by atoms with Gasteiger partial charge in [0.2, 0.25) is 0 Å². The first-order valence-corrected chi connectivity index (χ1v) is 7.97. The molecule has 0 aliphatic carbocycles. The number of halogens is 1. The van der Waals surface area contributed by atoms with Gasteiger partial charge in [-0.05, 0) is 34.5 Å². The number of aryl methyl sites for hydroxylation is 1. The molecule has 2 aromatic rings. The number of thioether (sulfide) groups is 1. The highest BCUT2D eigenvalue weighted by Crippen LogP contribution is 2.25.